The van der Waals surface area contributed by atoms with Crippen LogP contribution in [0.15, 0.2) is 18.2 Å². The largest absolute Gasteiger partial charge is 0.573 e. The zero-order valence-electron chi connectivity index (χ0n) is 16.3. The summed E-state index contributed by atoms with van der Waals surface area (Å²) in [4.78, 5) is 37.3. The van der Waals surface area contributed by atoms with Gasteiger partial charge in [-0.15, -0.1) is 13.2 Å². The highest BCUT2D eigenvalue weighted by Crippen LogP contribution is 2.38. The third kappa shape index (κ3) is 6.07. The first-order valence-corrected chi connectivity index (χ1v) is 9.13. The summed E-state index contributed by atoms with van der Waals surface area (Å²) in [6.07, 6.45) is -6.01. The number of nitrogens with zero attached hydrogens (tertiary/aromatic N) is 1. The lowest BCUT2D eigenvalue weighted by Crippen LogP contribution is -2.43. The molecule has 1 saturated heterocycles. The van der Waals surface area contributed by atoms with Crippen LogP contribution in [-0.2, 0) is 19.1 Å². The molecule has 0 saturated carbocycles. The number of hydrogen-bond donors (Lipinski definition) is 0. The summed E-state index contributed by atoms with van der Waals surface area (Å²) in [6, 6.07) is 1.57. The molecule has 0 aliphatic carbocycles. The van der Waals surface area contributed by atoms with Crippen molar-refractivity contribution in [2.75, 3.05) is 20.3 Å². The summed E-state index contributed by atoms with van der Waals surface area (Å²) in [5.74, 6) is -3.55. The van der Waals surface area contributed by atoms with Crippen LogP contribution in [0, 0.1) is 11.7 Å². The molecule has 2 unspecified atom stereocenters. The molecule has 2 atom stereocenters. The van der Waals surface area contributed by atoms with Crippen LogP contribution in [0.3, 0.4) is 0 Å². The lowest BCUT2D eigenvalue weighted by Gasteiger charge is -2.38. The number of piperidine rings is 1. The summed E-state index contributed by atoms with van der Waals surface area (Å²) in [5.41, 5.74) is -0.0939. The number of ketones is 1. The minimum atomic E-state index is -4.98. The molecule has 2 rings (SSSR count). The third-order valence-electron chi connectivity index (χ3n) is 4.66. The van der Waals surface area contributed by atoms with Crippen LogP contribution in [-0.4, -0.2) is 49.4 Å². The molecule has 1 aliphatic heterocycles. The van der Waals surface area contributed by atoms with E-state index in [0.29, 0.717) is 6.07 Å². The topological polar surface area (TPSA) is 82.1 Å². The van der Waals surface area contributed by atoms with Crippen LogP contribution in [0.4, 0.5) is 22.4 Å². The Kier molecular flexibility index (Phi) is 7.63. The van der Waals surface area contributed by atoms with E-state index in [1.165, 1.54) is 4.90 Å². The lowest BCUT2D eigenvalue weighted by atomic mass is 9.83. The summed E-state index contributed by atoms with van der Waals surface area (Å²) < 4.78 is 64.8. The van der Waals surface area contributed by atoms with Gasteiger partial charge in [-0.1, -0.05) is 6.07 Å². The molecule has 1 heterocycles. The Morgan fingerprint density at radius 3 is 2.50 bits per heavy atom. The number of likely N-dealkylation sites (tertiary alicyclic amines) is 1. The first-order valence-electron chi connectivity index (χ1n) is 9.13. The highest BCUT2D eigenvalue weighted by atomic mass is 19.4. The molecule has 0 N–H and O–H groups in total. The second-order valence-corrected chi connectivity index (χ2v) is 6.58. The first-order chi connectivity index (χ1) is 14.1. The number of ether oxygens (including phenoxy) is 3. The molecular weight excluding hydrogens is 414 g/mol. The number of carbonyl (C=O) groups is 3. The number of benzene rings is 1. The molecule has 1 fully saturated rings. The summed E-state index contributed by atoms with van der Waals surface area (Å²) in [7, 11) is 1.13. The minimum absolute atomic E-state index is 0.0241. The maximum Gasteiger partial charge on any atom is 0.573 e. The van der Waals surface area contributed by atoms with Crippen LogP contribution in [0.2, 0.25) is 0 Å². The Balaban J connectivity index is 2.26. The van der Waals surface area contributed by atoms with Crippen LogP contribution in [0.5, 0.6) is 5.75 Å². The number of hydrogen-bond acceptors (Lipinski definition) is 6. The molecule has 30 heavy (non-hydrogen) atoms. The van der Waals surface area contributed by atoms with Crippen LogP contribution < -0.4 is 4.74 Å². The number of halogens is 4. The molecule has 0 aromatic heterocycles. The standard InChI is InChI=1S/C19H21F4NO6/c1-3-29-17(26)10-16(25)11-6-7-24(18(27)28-2)15(8-11)13-5-4-12(9-14(13)20)30-19(21,22)23/h4-5,9,11,15H,3,6-8,10H2,1-2H3. The average Bonchev–Trinajstić information content (AvgIpc) is 2.66. The third-order valence-corrected chi connectivity index (χ3v) is 4.66. The van der Waals surface area contributed by atoms with E-state index in [9.17, 15) is 31.9 Å². The van der Waals surface area contributed by atoms with Crippen molar-refractivity contribution in [3.63, 3.8) is 0 Å². The Hall–Kier alpha value is -2.85. The smallest absolute Gasteiger partial charge is 0.466 e. The molecule has 7 nitrogen and oxygen atoms in total. The van der Waals surface area contributed by atoms with Gasteiger partial charge in [-0.05, 0) is 25.8 Å². The monoisotopic (exact) mass is 435 g/mol. The predicted octanol–water partition coefficient (Wildman–Crippen LogP) is 3.77. The molecule has 11 heteroatoms. The summed E-state index contributed by atoms with van der Waals surface area (Å²) in [5, 5.41) is 0. The van der Waals surface area contributed by atoms with E-state index in [-0.39, 0.29) is 31.6 Å². The summed E-state index contributed by atoms with van der Waals surface area (Å²) >= 11 is 0. The molecule has 1 aromatic carbocycles. The zero-order chi connectivity index (χ0) is 22.5. The van der Waals surface area contributed by atoms with E-state index in [0.717, 1.165) is 19.2 Å². The van der Waals surface area contributed by atoms with Gasteiger partial charge < -0.3 is 19.1 Å². The van der Waals surface area contributed by atoms with Gasteiger partial charge in [0.25, 0.3) is 0 Å². The van der Waals surface area contributed by atoms with Gasteiger partial charge in [-0.2, -0.15) is 0 Å². The number of alkyl halides is 3. The molecular formula is C19H21F4NO6. The van der Waals surface area contributed by atoms with Crippen LogP contribution in [0.1, 0.15) is 37.8 Å². The van der Waals surface area contributed by atoms with Gasteiger partial charge in [0.05, 0.1) is 19.8 Å². The summed E-state index contributed by atoms with van der Waals surface area (Å²) in [6.45, 7) is 1.76. The fourth-order valence-corrected chi connectivity index (χ4v) is 3.36. The van der Waals surface area contributed by atoms with Gasteiger partial charge in [-0.25, -0.2) is 9.18 Å². The second kappa shape index (κ2) is 9.77. The van der Waals surface area contributed by atoms with Crippen molar-refractivity contribution in [2.24, 2.45) is 5.92 Å². The van der Waals surface area contributed by atoms with E-state index < -0.39 is 54.2 Å². The van der Waals surface area contributed by atoms with E-state index in [4.69, 9.17) is 9.47 Å². The van der Waals surface area contributed by atoms with Crippen molar-refractivity contribution in [1.29, 1.82) is 0 Å². The highest BCUT2D eigenvalue weighted by Gasteiger charge is 2.38. The van der Waals surface area contributed by atoms with Gasteiger partial charge in [0.1, 0.15) is 23.8 Å². The number of rotatable bonds is 6. The fourth-order valence-electron chi connectivity index (χ4n) is 3.36. The normalized spacial score (nSPS) is 19.2. The predicted molar refractivity (Wildman–Crippen MR) is 93.9 cm³/mol. The second-order valence-electron chi connectivity index (χ2n) is 6.58. The van der Waals surface area contributed by atoms with E-state index in [1.807, 2.05) is 0 Å². The van der Waals surface area contributed by atoms with Gasteiger partial charge in [0, 0.05) is 24.1 Å². The highest BCUT2D eigenvalue weighted by molar-refractivity contribution is 5.97. The van der Waals surface area contributed by atoms with Gasteiger partial charge in [-0.3, -0.25) is 9.59 Å². The van der Waals surface area contributed by atoms with Crippen LogP contribution >= 0.6 is 0 Å². The molecule has 1 aromatic rings. The van der Waals surface area contributed by atoms with E-state index in [2.05, 4.69) is 4.74 Å². The number of carbonyl (C=O) groups excluding carboxylic acids is 3. The van der Waals surface area contributed by atoms with Gasteiger partial charge in [0.15, 0.2) is 0 Å². The number of amides is 1. The molecule has 166 valence electrons. The minimum Gasteiger partial charge on any atom is -0.466 e. The van der Waals surface area contributed by atoms with Crippen molar-refractivity contribution in [3.05, 3.63) is 29.6 Å². The van der Waals surface area contributed by atoms with Crippen LogP contribution in [0.25, 0.3) is 0 Å². The lowest BCUT2D eigenvalue weighted by molar-refractivity contribution is -0.274. The number of esters is 1. The SMILES string of the molecule is CCOC(=O)CC(=O)C1CCN(C(=O)OC)C(c2ccc(OC(F)(F)F)cc2F)C1. The average molecular weight is 435 g/mol. The number of Topliss-reactive ketones (excluding diaryl/α,β-unsaturated/α-hetero) is 1. The molecule has 1 amide bonds. The quantitative estimate of drug-likeness (QED) is 0.384. The van der Waals surface area contributed by atoms with E-state index in [1.54, 1.807) is 6.92 Å². The van der Waals surface area contributed by atoms with E-state index >= 15 is 0 Å². The Labute approximate surface area is 169 Å². The Bertz CT molecular complexity index is 798. The molecule has 0 bridgehead atoms. The molecule has 1 aliphatic rings. The van der Waals surface area contributed by atoms with Crippen molar-refractivity contribution < 1.29 is 46.2 Å². The number of methoxy groups -OCH3 is 1. The zero-order valence-corrected chi connectivity index (χ0v) is 16.3. The Morgan fingerprint density at radius 1 is 1.23 bits per heavy atom. The van der Waals surface area contributed by atoms with Crippen molar-refractivity contribution in [2.45, 2.75) is 38.6 Å². The maximum absolute atomic E-state index is 14.6. The Morgan fingerprint density at radius 2 is 1.93 bits per heavy atom. The first kappa shape index (κ1) is 23.4. The van der Waals surface area contributed by atoms with Crippen molar-refractivity contribution in [3.8, 4) is 5.75 Å². The fraction of sp³-hybridized carbons (Fsp3) is 0.526. The molecule has 0 radical (unpaired) electrons. The molecule has 0 spiro atoms. The van der Waals surface area contributed by atoms with Gasteiger partial charge in [0.2, 0.25) is 0 Å². The van der Waals surface area contributed by atoms with Gasteiger partial charge >= 0.3 is 18.4 Å². The van der Waals surface area contributed by atoms with Crippen molar-refractivity contribution >= 4 is 17.8 Å². The maximum atomic E-state index is 14.6. The van der Waals surface area contributed by atoms with Crippen molar-refractivity contribution in [1.82, 2.24) is 4.90 Å².